The first-order chi connectivity index (χ1) is 10.0. The summed E-state index contributed by atoms with van der Waals surface area (Å²) in [7, 11) is 1.56. The SMILES string of the molecule is CC(C(=O)N(C)c1ccccc1F)C(N)c1ccccc1. The lowest BCUT2D eigenvalue weighted by molar-refractivity contribution is -0.122. The fraction of sp³-hybridized carbons (Fsp3) is 0.235. The molecule has 0 aliphatic carbocycles. The summed E-state index contributed by atoms with van der Waals surface area (Å²) < 4.78 is 13.8. The van der Waals surface area contributed by atoms with E-state index < -0.39 is 17.8 Å². The predicted octanol–water partition coefficient (Wildman–Crippen LogP) is 3.12. The van der Waals surface area contributed by atoms with E-state index in [1.54, 1.807) is 32.2 Å². The van der Waals surface area contributed by atoms with Gasteiger partial charge in [-0.05, 0) is 17.7 Å². The third-order valence-electron chi connectivity index (χ3n) is 3.66. The van der Waals surface area contributed by atoms with Crippen LogP contribution in [0.3, 0.4) is 0 Å². The second kappa shape index (κ2) is 6.50. The van der Waals surface area contributed by atoms with Crippen molar-refractivity contribution in [2.45, 2.75) is 13.0 Å². The number of rotatable bonds is 4. The molecule has 0 radical (unpaired) electrons. The van der Waals surface area contributed by atoms with Crippen LogP contribution >= 0.6 is 0 Å². The van der Waals surface area contributed by atoms with E-state index in [0.717, 1.165) is 5.56 Å². The number of halogens is 1. The number of nitrogens with two attached hydrogens (primary N) is 1. The Labute approximate surface area is 124 Å². The van der Waals surface area contributed by atoms with Crippen molar-refractivity contribution in [3.63, 3.8) is 0 Å². The van der Waals surface area contributed by atoms with Crippen LogP contribution in [0.1, 0.15) is 18.5 Å². The molecule has 0 aliphatic rings. The molecule has 0 aliphatic heterocycles. The van der Waals surface area contributed by atoms with Gasteiger partial charge in [0.25, 0.3) is 0 Å². The van der Waals surface area contributed by atoms with Gasteiger partial charge in [-0.15, -0.1) is 0 Å². The van der Waals surface area contributed by atoms with Gasteiger partial charge in [0, 0.05) is 13.1 Å². The van der Waals surface area contributed by atoms with Crippen molar-refractivity contribution in [3.8, 4) is 0 Å². The monoisotopic (exact) mass is 286 g/mol. The molecule has 2 aromatic rings. The standard InChI is InChI=1S/C17H19FN2O/c1-12(16(19)13-8-4-3-5-9-13)17(21)20(2)15-11-7-6-10-14(15)18/h3-12,16H,19H2,1-2H3. The minimum atomic E-state index is -0.447. The lowest BCUT2D eigenvalue weighted by Crippen LogP contribution is -2.37. The summed E-state index contributed by atoms with van der Waals surface area (Å²) >= 11 is 0. The topological polar surface area (TPSA) is 46.3 Å². The molecule has 2 N–H and O–H groups in total. The Morgan fingerprint density at radius 1 is 1.10 bits per heavy atom. The average Bonchev–Trinajstić information content (AvgIpc) is 2.53. The van der Waals surface area contributed by atoms with E-state index in [-0.39, 0.29) is 11.6 Å². The molecule has 4 heteroatoms. The van der Waals surface area contributed by atoms with Gasteiger partial charge >= 0.3 is 0 Å². The molecular formula is C17H19FN2O. The maximum atomic E-state index is 13.8. The molecule has 2 atom stereocenters. The van der Waals surface area contributed by atoms with Gasteiger partial charge < -0.3 is 10.6 Å². The number of hydrogen-bond acceptors (Lipinski definition) is 2. The molecule has 0 saturated carbocycles. The zero-order chi connectivity index (χ0) is 15.4. The third-order valence-corrected chi connectivity index (χ3v) is 3.66. The first-order valence-electron chi connectivity index (χ1n) is 6.85. The number of amides is 1. The van der Waals surface area contributed by atoms with Gasteiger partial charge in [0.2, 0.25) is 5.91 Å². The van der Waals surface area contributed by atoms with E-state index in [1.165, 1.54) is 11.0 Å². The van der Waals surface area contributed by atoms with Crippen LogP contribution in [0.2, 0.25) is 0 Å². The zero-order valence-electron chi connectivity index (χ0n) is 12.2. The van der Waals surface area contributed by atoms with E-state index in [1.807, 2.05) is 30.3 Å². The van der Waals surface area contributed by atoms with Gasteiger partial charge in [0.1, 0.15) is 5.82 Å². The Kier molecular flexibility index (Phi) is 4.70. The molecule has 3 nitrogen and oxygen atoms in total. The lowest BCUT2D eigenvalue weighted by Gasteiger charge is -2.25. The predicted molar refractivity (Wildman–Crippen MR) is 82.3 cm³/mol. The van der Waals surface area contributed by atoms with Crippen LogP contribution in [0.5, 0.6) is 0 Å². The number of benzene rings is 2. The molecule has 110 valence electrons. The van der Waals surface area contributed by atoms with Crippen molar-refractivity contribution in [2.75, 3.05) is 11.9 Å². The van der Waals surface area contributed by atoms with Gasteiger partial charge in [0.15, 0.2) is 0 Å². The minimum absolute atomic E-state index is 0.212. The number of hydrogen-bond donors (Lipinski definition) is 1. The summed E-state index contributed by atoms with van der Waals surface area (Å²) in [5.74, 6) is -1.08. The second-order valence-corrected chi connectivity index (χ2v) is 5.07. The normalized spacial score (nSPS) is 13.5. The molecule has 1 amide bonds. The van der Waals surface area contributed by atoms with Gasteiger partial charge in [-0.2, -0.15) is 0 Å². The van der Waals surface area contributed by atoms with E-state index >= 15 is 0 Å². The quantitative estimate of drug-likeness (QED) is 0.938. The lowest BCUT2D eigenvalue weighted by atomic mass is 9.94. The molecule has 0 heterocycles. The molecular weight excluding hydrogens is 267 g/mol. The second-order valence-electron chi connectivity index (χ2n) is 5.07. The minimum Gasteiger partial charge on any atom is -0.323 e. The number of para-hydroxylation sites is 1. The zero-order valence-corrected chi connectivity index (χ0v) is 12.2. The molecule has 0 aromatic heterocycles. The highest BCUT2D eigenvalue weighted by Crippen LogP contribution is 2.24. The van der Waals surface area contributed by atoms with Crippen molar-refractivity contribution >= 4 is 11.6 Å². The van der Waals surface area contributed by atoms with Crippen molar-refractivity contribution < 1.29 is 9.18 Å². The van der Waals surface area contributed by atoms with Gasteiger partial charge in [-0.3, -0.25) is 4.79 Å². The number of nitrogens with zero attached hydrogens (tertiary/aromatic N) is 1. The van der Waals surface area contributed by atoms with Crippen molar-refractivity contribution in [1.29, 1.82) is 0 Å². The van der Waals surface area contributed by atoms with Gasteiger partial charge in [-0.1, -0.05) is 49.4 Å². The highest BCUT2D eigenvalue weighted by atomic mass is 19.1. The first-order valence-corrected chi connectivity index (χ1v) is 6.85. The first kappa shape index (κ1) is 15.2. The Morgan fingerprint density at radius 3 is 2.29 bits per heavy atom. The number of anilines is 1. The van der Waals surface area contributed by atoms with Crippen LogP contribution < -0.4 is 10.6 Å². The van der Waals surface area contributed by atoms with Crippen molar-refractivity contribution in [3.05, 3.63) is 66.0 Å². The summed E-state index contributed by atoms with van der Waals surface area (Å²) in [4.78, 5) is 13.8. The van der Waals surface area contributed by atoms with Gasteiger partial charge in [0.05, 0.1) is 11.6 Å². The van der Waals surface area contributed by atoms with E-state index in [4.69, 9.17) is 5.73 Å². The maximum Gasteiger partial charge on any atom is 0.231 e. The van der Waals surface area contributed by atoms with Crippen LogP contribution in [0.25, 0.3) is 0 Å². The Hall–Kier alpha value is -2.20. The molecule has 0 fully saturated rings. The van der Waals surface area contributed by atoms with Crippen LogP contribution in [0.4, 0.5) is 10.1 Å². The summed E-state index contributed by atoms with van der Waals surface area (Å²) in [6, 6.07) is 15.2. The summed E-state index contributed by atoms with van der Waals surface area (Å²) in [5.41, 5.74) is 7.30. The fourth-order valence-corrected chi connectivity index (χ4v) is 2.27. The summed E-state index contributed by atoms with van der Waals surface area (Å²) in [6.45, 7) is 1.76. The molecule has 0 bridgehead atoms. The van der Waals surface area contributed by atoms with E-state index in [9.17, 15) is 9.18 Å². The Bertz CT molecular complexity index is 615. The molecule has 2 aromatic carbocycles. The van der Waals surface area contributed by atoms with Crippen LogP contribution in [-0.4, -0.2) is 13.0 Å². The molecule has 21 heavy (non-hydrogen) atoms. The third kappa shape index (κ3) is 3.28. The number of carbonyl (C=O) groups is 1. The maximum absolute atomic E-state index is 13.8. The fourth-order valence-electron chi connectivity index (χ4n) is 2.27. The summed E-state index contributed by atoms with van der Waals surface area (Å²) in [6.07, 6.45) is 0. The number of carbonyl (C=O) groups excluding carboxylic acids is 1. The highest BCUT2D eigenvalue weighted by Gasteiger charge is 2.26. The Morgan fingerprint density at radius 2 is 1.67 bits per heavy atom. The summed E-state index contributed by atoms with van der Waals surface area (Å²) in [5, 5.41) is 0. The Balaban J connectivity index is 2.18. The molecule has 2 unspecified atom stereocenters. The van der Waals surface area contributed by atoms with Crippen LogP contribution in [0.15, 0.2) is 54.6 Å². The van der Waals surface area contributed by atoms with Crippen molar-refractivity contribution in [2.24, 2.45) is 11.7 Å². The molecule has 2 rings (SSSR count). The van der Waals surface area contributed by atoms with Crippen LogP contribution in [-0.2, 0) is 4.79 Å². The molecule has 0 saturated heterocycles. The highest BCUT2D eigenvalue weighted by molar-refractivity contribution is 5.94. The van der Waals surface area contributed by atoms with E-state index in [0.29, 0.717) is 0 Å². The molecule has 0 spiro atoms. The van der Waals surface area contributed by atoms with Crippen molar-refractivity contribution in [1.82, 2.24) is 0 Å². The smallest absolute Gasteiger partial charge is 0.231 e. The average molecular weight is 286 g/mol. The van der Waals surface area contributed by atoms with Crippen LogP contribution in [0, 0.1) is 11.7 Å². The largest absolute Gasteiger partial charge is 0.323 e. The van der Waals surface area contributed by atoms with E-state index in [2.05, 4.69) is 0 Å². The van der Waals surface area contributed by atoms with Gasteiger partial charge in [-0.25, -0.2) is 4.39 Å².